The van der Waals surface area contributed by atoms with Crippen molar-refractivity contribution in [1.29, 1.82) is 0 Å². The molecule has 0 spiro atoms. The molecule has 0 radical (unpaired) electrons. The average molecular weight is 440 g/mol. The van der Waals surface area contributed by atoms with Crippen LogP contribution in [0.2, 0.25) is 0 Å². The molecule has 32 heavy (non-hydrogen) atoms. The van der Waals surface area contributed by atoms with Crippen LogP contribution in [0.4, 0.5) is 0 Å². The summed E-state index contributed by atoms with van der Waals surface area (Å²) in [6.07, 6.45) is 4.32. The lowest BCUT2D eigenvalue weighted by atomic mass is 9.87. The van der Waals surface area contributed by atoms with Crippen LogP contribution < -0.4 is 0 Å². The molecule has 0 fully saturated rings. The summed E-state index contributed by atoms with van der Waals surface area (Å²) in [7, 11) is 0. The largest absolute Gasteiger partial charge is 0.270 e. The number of aromatic nitrogens is 3. The number of hydrogen-bond acceptors (Lipinski definition) is 3. The van der Waals surface area contributed by atoms with Crippen LogP contribution in [0.5, 0.6) is 0 Å². The third-order valence-corrected chi connectivity index (χ3v) is 6.23. The van der Waals surface area contributed by atoms with Crippen LogP contribution in [-0.2, 0) is 5.41 Å². The molecule has 0 saturated carbocycles. The third-order valence-electron chi connectivity index (χ3n) is 5.35. The Labute approximate surface area is 195 Å². The molecule has 0 saturated heterocycles. The van der Waals surface area contributed by atoms with Gasteiger partial charge < -0.3 is 0 Å². The zero-order valence-electron chi connectivity index (χ0n) is 19.1. The summed E-state index contributed by atoms with van der Waals surface area (Å²) in [5.74, 6) is 1.69. The van der Waals surface area contributed by atoms with Crippen LogP contribution in [0.15, 0.2) is 90.1 Å². The molecule has 4 heteroatoms. The van der Waals surface area contributed by atoms with E-state index in [1.165, 1.54) is 16.7 Å². The highest BCUT2D eigenvalue weighted by atomic mass is 32.2. The normalized spacial score (nSPS) is 11.9. The van der Waals surface area contributed by atoms with Crippen molar-refractivity contribution in [3.8, 4) is 17.1 Å². The fourth-order valence-corrected chi connectivity index (χ4v) is 4.23. The predicted molar refractivity (Wildman–Crippen MR) is 136 cm³/mol. The Kier molecular flexibility index (Phi) is 6.61. The molecule has 4 aromatic rings. The minimum absolute atomic E-state index is 0.120. The van der Waals surface area contributed by atoms with Crippen molar-refractivity contribution in [1.82, 2.24) is 14.8 Å². The van der Waals surface area contributed by atoms with Crippen LogP contribution in [0.1, 0.15) is 37.5 Å². The van der Waals surface area contributed by atoms with E-state index in [0.29, 0.717) is 0 Å². The molecule has 3 nitrogen and oxygen atoms in total. The topological polar surface area (TPSA) is 30.7 Å². The SMILES string of the molecule is Cc1ccc(-n2c(SC/C=C/c3ccccc3)nnc2-c2ccc(C(C)(C)C)cc2)cc1. The fourth-order valence-electron chi connectivity index (χ4n) is 3.47. The summed E-state index contributed by atoms with van der Waals surface area (Å²) in [6, 6.07) is 27.6. The number of rotatable bonds is 6. The molecule has 162 valence electrons. The second kappa shape index (κ2) is 9.58. The van der Waals surface area contributed by atoms with Crippen LogP contribution in [0, 0.1) is 6.92 Å². The maximum Gasteiger partial charge on any atom is 0.196 e. The Morgan fingerprint density at radius 1 is 0.844 bits per heavy atom. The van der Waals surface area contributed by atoms with E-state index in [1.54, 1.807) is 11.8 Å². The van der Waals surface area contributed by atoms with Gasteiger partial charge in [0.2, 0.25) is 0 Å². The number of thioether (sulfide) groups is 1. The number of hydrogen-bond donors (Lipinski definition) is 0. The molecule has 0 N–H and O–H groups in total. The molecular weight excluding hydrogens is 410 g/mol. The Morgan fingerprint density at radius 2 is 1.53 bits per heavy atom. The smallest absolute Gasteiger partial charge is 0.196 e. The van der Waals surface area contributed by atoms with Gasteiger partial charge in [-0.1, -0.05) is 117 Å². The van der Waals surface area contributed by atoms with Crippen LogP contribution in [0.3, 0.4) is 0 Å². The van der Waals surface area contributed by atoms with Gasteiger partial charge in [-0.15, -0.1) is 10.2 Å². The molecule has 0 amide bonds. The molecule has 0 bridgehead atoms. The Balaban J connectivity index is 1.64. The van der Waals surface area contributed by atoms with Crippen molar-refractivity contribution in [2.75, 3.05) is 5.75 Å². The van der Waals surface area contributed by atoms with E-state index in [0.717, 1.165) is 28.0 Å². The van der Waals surface area contributed by atoms with E-state index >= 15 is 0 Å². The highest BCUT2D eigenvalue weighted by molar-refractivity contribution is 7.99. The molecule has 3 aromatic carbocycles. The van der Waals surface area contributed by atoms with Crippen molar-refractivity contribution in [3.05, 3.63) is 102 Å². The van der Waals surface area contributed by atoms with Crippen molar-refractivity contribution in [2.45, 2.75) is 38.3 Å². The van der Waals surface area contributed by atoms with E-state index in [1.807, 2.05) is 6.07 Å². The molecule has 0 atom stereocenters. The van der Waals surface area contributed by atoms with E-state index in [4.69, 9.17) is 0 Å². The first-order chi connectivity index (χ1) is 15.4. The fraction of sp³-hybridized carbons (Fsp3) is 0.214. The number of aryl methyl sites for hydroxylation is 1. The number of nitrogens with zero attached hydrogens (tertiary/aromatic N) is 3. The lowest BCUT2D eigenvalue weighted by Gasteiger charge is -2.19. The van der Waals surface area contributed by atoms with Crippen LogP contribution in [-0.4, -0.2) is 20.5 Å². The quantitative estimate of drug-likeness (QED) is 0.294. The van der Waals surface area contributed by atoms with E-state index in [-0.39, 0.29) is 5.41 Å². The van der Waals surface area contributed by atoms with Gasteiger partial charge in [0.15, 0.2) is 11.0 Å². The van der Waals surface area contributed by atoms with Gasteiger partial charge in [0.1, 0.15) is 0 Å². The van der Waals surface area contributed by atoms with E-state index in [2.05, 4.69) is 127 Å². The first-order valence-electron chi connectivity index (χ1n) is 10.9. The molecule has 1 aromatic heterocycles. The van der Waals surface area contributed by atoms with Gasteiger partial charge in [0.05, 0.1) is 0 Å². The molecule has 0 aliphatic carbocycles. The van der Waals surface area contributed by atoms with Crippen LogP contribution in [0.25, 0.3) is 23.2 Å². The Morgan fingerprint density at radius 3 is 2.19 bits per heavy atom. The van der Waals surface area contributed by atoms with Crippen molar-refractivity contribution in [3.63, 3.8) is 0 Å². The summed E-state index contributed by atoms with van der Waals surface area (Å²) in [6.45, 7) is 8.80. The van der Waals surface area contributed by atoms with Gasteiger partial charge >= 0.3 is 0 Å². The molecular formula is C28H29N3S. The van der Waals surface area contributed by atoms with E-state index < -0.39 is 0 Å². The highest BCUT2D eigenvalue weighted by Crippen LogP contribution is 2.30. The van der Waals surface area contributed by atoms with Gasteiger partial charge in [-0.25, -0.2) is 0 Å². The predicted octanol–water partition coefficient (Wildman–Crippen LogP) is 7.35. The first kappa shape index (κ1) is 22.1. The van der Waals surface area contributed by atoms with Crippen molar-refractivity contribution >= 4 is 17.8 Å². The van der Waals surface area contributed by atoms with Gasteiger partial charge in [0.25, 0.3) is 0 Å². The van der Waals surface area contributed by atoms with Crippen molar-refractivity contribution < 1.29 is 0 Å². The summed E-state index contributed by atoms with van der Waals surface area (Å²) >= 11 is 1.69. The molecule has 1 heterocycles. The third kappa shape index (κ3) is 5.20. The van der Waals surface area contributed by atoms with Gasteiger partial charge in [-0.05, 0) is 35.6 Å². The number of benzene rings is 3. The molecule has 4 rings (SSSR count). The zero-order valence-corrected chi connectivity index (χ0v) is 19.9. The lowest BCUT2D eigenvalue weighted by Crippen LogP contribution is -2.10. The first-order valence-corrected chi connectivity index (χ1v) is 11.9. The standard InChI is InChI=1S/C28H29N3S/c1-21-12-18-25(19-13-21)31-26(23-14-16-24(17-15-23)28(2,3)4)29-30-27(31)32-20-8-11-22-9-6-5-7-10-22/h5-19H,20H2,1-4H3/b11-8+. The average Bonchev–Trinajstić information content (AvgIpc) is 3.21. The van der Waals surface area contributed by atoms with Gasteiger partial charge in [-0.2, -0.15) is 0 Å². The maximum atomic E-state index is 4.58. The molecule has 0 unspecified atom stereocenters. The summed E-state index contributed by atoms with van der Waals surface area (Å²) in [5.41, 5.74) is 6.01. The zero-order chi connectivity index (χ0) is 22.6. The van der Waals surface area contributed by atoms with Crippen molar-refractivity contribution in [2.24, 2.45) is 0 Å². The second-order valence-corrected chi connectivity index (χ2v) is 9.92. The lowest BCUT2D eigenvalue weighted by molar-refractivity contribution is 0.590. The summed E-state index contributed by atoms with van der Waals surface area (Å²) < 4.78 is 2.16. The Bertz CT molecular complexity index is 1180. The monoisotopic (exact) mass is 439 g/mol. The molecule has 0 aliphatic heterocycles. The molecule has 0 aliphatic rings. The van der Waals surface area contributed by atoms with Gasteiger partial charge in [-0.3, -0.25) is 4.57 Å². The minimum atomic E-state index is 0.120. The second-order valence-electron chi connectivity index (χ2n) is 8.93. The highest BCUT2D eigenvalue weighted by Gasteiger charge is 2.18. The van der Waals surface area contributed by atoms with E-state index in [9.17, 15) is 0 Å². The van der Waals surface area contributed by atoms with Gasteiger partial charge in [0, 0.05) is 17.0 Å². The Hall–Kier alpha value is -3.11. The van der Waals surface area contributed by atoms with Crippen LogP contribution >= 0.6 is 11.8 Å². The minimum Gasteiger partial charge on any atom is -0.270 e. The summed E-state index contributed by atoms with van der Waals surface area (Å²) in [5, 5.41) is 10.0. The maximum absolute atomic E-state index is 4.58. The summed E-state index contributed by atoms with van der Waals surface area (Å²) in [4.78, 5) is 0.